The Kier molecular flexibility index (Phi) is 11.5. The molecule has 5 fully saturated rings. The molecule has 0 aromatic rings. The SMILES string of the molecule is CC1=C(C)C(=O)O[C@@H]([C@](C)(O)[C@@H]2CC[C@@H]3[C@@H]4CC=C5C[C@H](O[C@@H]6O[C@@H](CO[C@H]7O[C@@H](CO)[C@H](O)[C@H](O)[C@@H]7O)[C@@H](O)[C@H](O)[C@H]6O)C[C@H](O)[C@]5(C)[C@@H]4CC[C@]32C)C1. The number of carbonyl (C=O) groups excluding carboxylic acids is 1. The van der Waals surface area contributed by atoms with Gasteiger partial charge in [-0.1, -0.05) is 31.1 Å². The molecule has 7 aliphatic rings. The molecule has 15 heteroatoms. The van der Waals surface area contributed by atoms with Crippen LogP contribution in [0.15, 0.2) is 22.8 Å². The number of esters is 1. The topological polar surface area (TPSA) is 245 Å². The quantitative estimate of drug-likeness (QED) is 0.116. The first-order valence-electron chi connectivity index (χ1n) is 20.1. The first-order chi connectivity index (χ1) is 25.8. The van der Waals surface area contributed by atoms with Gasteiger partial charge in [-0.05, 0) is 88.4 Å². The van der Waals surface area contributed by atoms with Gasteiger partial charge in [0.1, 0.15) is 60.5 Å². The zero-order valence-electron chi connectivity index (χ0n) is 32.4. The number of hydrogen-bond acceptors (Lipinski definition) is 15. The molecule has 4 aliphatic carbocycles. The van der Waals surface area contributed by atoms with Crippen molar-refractivity contribution in [2.75, 3.05) is 13.2 Å². The van der Waals surface area contributed by atoms with E-state index in [1.165, 1.54) is 0 Å². The Bertz CT molecular complexity index is 1500. The van der Waals surface area contributed by atoms with Gasteiger partial charge in [0.05, 0.1) is 25.4 Å². The summed E-state index contributed by atoms with van der Waals surface area (Å²) in [5.41, 5.74) is 0.757. The second kappa shape index (κ2) is 15.2. The third-order valence-corrected chi connectivity index (χ3v) is 15.5. The summed E-state index contributed by atoms with van der Waals surface area (Å²) in [5.74, 6) is 0.398. The molecule has 9 N–H and O–H groups in total. The van der Waals surface area contributed by atoms with E-state index in [2.05, 4.69) is 19.9 Å². The van der Waals surface area contributed by atoms with Crippen LogP contribution in [0.25, 0.3) is 0 Å². The minimum absolute atomic E-state index is 0.0515. The highest BCUT2D eigenvalue weighted by Gasteiger charge is 2.64. The van der Waals surface area contributed by atoms with E-state index < -0.39 is 104 Å². The minimum Gasteiger partial charge on any atom is -0.456 e. The van der Waals surface area contributed by atoms with Crippen LogP contribution in [0.2, 0.25) is 0 Å². The predicted molar refractivity (Wildman–Crippen MR) is 191 cm³/mol. The van der Waals surface area contributed by atoms with Crippen LogP contribution < -0.4 is 0 Å². The summed E-state index contributed by atoms with van der Waals surface area (Å²) in [4.78, 5) is 12.6. The first kappa shape index (κ1) is 41.6. The van der Waals surface area contributed by atoms with Crippen LogP contribution in [0.5, 0.6) is 0 Å². The molecule has 0 bridgehead atoms. The molecule has 0 aromatic heterocycles. The number of carbonyl (C=O) groups is 1. The minimum atomic E-state index is -1.68. The molecular formula is C40H62O15. The summed E-state index contributed by atoms with van der Waals surface area (Å²) in [7, 11) is 0. The van der Waals surface area contributed by atoms with Crippen LogP contribution in [0.3, 0.4) is 0 Å². The largest absolute Gasteiger partial charge is 0.456 e. The number of allylic oxidation sites excluding steroid dienone is 1. The fourth-order valence-corrected chi connectivity index (χ4v) is 11.9. The van der Waals surface area contributed by atoms with Crippen molar-refractivity contribution in [3.63, 3.8) is 0 Å². The third kappa shape index (κ3) is 6.86. The van der Waals surface area contributed by atoms with E-state index in [0.717, 1.165) is 43.3 Å². The molecule has 20 atom stereocenters. The van der Waals surface area contributed by atoms with E-state index in [0.29, 0.717) is 30.3 Å². The predicted octanol–water partition coefficient (Wildman–Crippen LogP) is -0.0516. The standard InChI is InChI=1S/C40H62O15/c1-17-12-28(55-35(49)18(17)2)40(5,50)26-9-8-22-21-7-6-19-13-20(14-27(42)39(19,4)23(21)10-11-38(22,26)3)52-37-34(48)32(46)30(44)25(54-37)16-51-36-33(47)31(45)29(43)24(15-41)53-36/h6,20-34,36-37,41-48,50H,7-16H2,1-5H3/t20-,21-,22+,23+,24-,25-,26+,27-,28+,29-,30+,31-,32-,33-,34+,36-,37+,38+,39-,40+/m0/s1. The smallest absolute Gasteiger partial charge is 0.334 e. The van der Waals surface area contributed by atoms with Gasteiger partial charge in [-0.15, -0.1) is 0 Å². The van der Waals surface area contributed by atoms with E-state index in [1.807, 2.05) is 13.8 Å². The van der Waals surface area contributed by atoms with E-state index >= 15 is 0 Å². The van der Waals surface area contributed by atoms with Crippen molar-refractivity contribution in [1.29, 1.82) is 0 Å². The zero-order valence-corrected chi connectivity index (χ0v) is 32.4. The summed E-state index contributed by atoms with van der Waals surface area (Å²) < 4.78 is 28.9. The maximum absolute atomic E-state index is 12.6. The molecule has 3 aliphatic heterocycles. The zero-order chi connectivity index (χ0) is 39.9. The monoisotopic (exact) mass is 782 g/mol. The van der Waals surface area contributed by atoms with E-state index in [4.69, 9.17) is 23.7 Å². The molecule has 2 saturated heterocycles. The van der Waals surface area contributed by atoms with Crippen molar-refractivity contribution in [2.45, 2.75) is 171 Å². The molecule has 3 heterocycles. The van der Waals surface area contributed by atoms with Gasteiger partial charge in [0.15, 0.2) is 12.6 Å². The van der Waals surface area contributed by atoms with Gasteiger partial charge in [-0.3, -0.25) is 0 Å². The summed E-state index contributed by atoms with van der Waals surface area (Å²) in [5, 5.41) is 96.4. The molecule has 15 nitrogen and oxygen atoms in total. The number of fused-ring (bicyclic) bond motifs is 5. The Morgan fingerprint density at radius 1 is 0.855 bits per heavy atom. The summed E-state index contributed by atoms with van der Waals surface area (Å²) >= 11 is 0. The normalized spacial score (nSPS) is 51.3. The highest BCUT2D eigenvalue weighted by Crippen LogP contribution is 2.68. The van der Waals surface area contributed by atoms with Crippen molar-refractivity contribution < 1.29 is 74.4 Å². The van der Waals surface area contributed by atoms with Crippen molar-refractivity contribution >= 4 is 5.97 Å². The lowest BCUT2D eigenvalue weighted by Gasteiger charge is -2.60. The summed E-state index contributed by atoms with van der Waals surface area (Å²) in [6.07, 6.45) is -9.39. The van der Waals surface area contributed by atoms with Gasteiger partial charge in [0, 0.05) is 23.8 Å². The first-order valence-corrected chi connectivity index (χ1v) is 20.1. The highest BCUT2D eigenvalue weighted by atomic mass is 16.7. The summed E-state index contributed by atoms with van der Waals surface area (Å²) in [6.45, 7) is 8.86. The Balaban J connectivity index is 1.01. The van der Waals surface area contributed by atoms with Crippen LogP contribution in [-0.2, 0) is 28.5 Å². The van der Waals surface area contributed by atoms with Gasteiger partial charge < -0.3 is 69.6 Å². The van der Waals surface area contributed by atoms with Crippen LogP contribution in [0, 0.1) is 34.5 Å². The van der Waals surface area contributed by atoms with Crippen molar-refractivity contribution in [2.24, 2.45) is 34.5 Å². The lowest BCUT2D eigenvalue weighted by atomic mass is 9.46. The number of cyclic esters (lactones) is 1. The summed E-state index contributed by atoms with van der Waals surface area (Å²) in [6, 6.07) is 0. The Morgan fingerprint density at radius 2 is 1.51 bits per heavy atom. The number of aliphatic hydroxyl groups excluding tert-OH is 8. The number of hydrogen-bond donors (Lipinski definition) is 9. The second-order valence-corrected chi connectivity index (χ2v) is 18.3. The highest BCUT2D eigenvalue weighted by molar-refractivity contribution is 5.89. The molecule has 0 aromatic carbocycles. The molecule has 3 saturated carbocycles. The van der Waals surface area contributed by atoms with Crippen LogP contribution in [0.1, 0.15) is 86.0 Å². The van der Waals surface area contributed by atoms with Crippen molar-refractivity contribution in [3.8, 4) is 0 Å². The van der Waals surface area contributed by atoms with E-state index in [1.54, 1.807) is 6.92 Å². The van der Waals surface area contributed by atoms with Crippen LogP contribution >= 0.6 is 0 Å². The van der Waals surface area contributed by atoms with Gasteiger partial charge >= 0.3 is 5.97 Å². The Hall–Kier alpha value is -1.57. The fourth-order valence-electron chi connectivity index (χ4n) is 11.9. The van der Waals surface area contributed by atoms with Crippen LogP contribution in [0.4, 0.5) is 0 Å². The van der Waals surface area contributed by atoms with Gasteiger partial charge in [0.25, 0.3) is 0 Å². The fraction of sp³-hybridized carbons (Fsp3) is 0.875. The Morgan fingerprint density at radius 3 is 2.18 bits per heavy atom. The van der Waals surface area contributed by atoms with Gasteiger partial charge in [-0.25, -0.2) is 4.79 Å². The average molecular weight is 783 g/mol. The van der Waals surface area contributed by atoms with Gasteiger partial charge in [-0.2, -0.15) is 0 Å². The third-order valence-electron chi connectivity index (χ3n) is 15.5. The molecule has 0 unspecified atom stereocenters. The molecule has 55 heavy (non-hydrogen) atoms. The molecule has 0 amide bonds. The lowest BCUT2D eigenvalue weighted by Crippen LogP contribution is -2.62. The second-order valence-electron chi connectivity index (χ2n) is 18.3. The van der Waals surface area contributed by atoms with Crippen molar-refractivity contribution in [3.05, 3.63) is 22.8 Å². The molecule has 7 rings (SSSR count). The van der Waals surface area contributed by atoms with Crippen molar-refractivity contribution in [1.82, 2.24) is 0 Å². The Labute approximate surface area is 321 Å². The average Bonchev–Trinajstić information content (AvgIpc) is 3.51. The molecule has 0 radical (unpaired) electrons. The van der Waals surface area contributed by atoms with E-state index in [9.17, 15) is 50.8 Å². The lowest BCUT2D eigenvalue weighted by molar-refractivity contribution is -0.337. The van der Waals surface area contributed by atoms with E-state index in [-0.39, 0.29) is 29.6 Å². The number of rotatable bonds is 8. The van der Waals surface area contributed by atoms with Gasteiger partial charge in [0.2, 0.25) is 0 Å². The number of ether oxygens (including phenoxy) is 5. The molecular weight excluding hydrogens is 720 g/mol. The molecule has 0 spiro atoms. The number of aliphatic hydroxyl groups is 9. The maximum Gasteiger partial charge on any atom is 0.334 e. The van der Waals surface area contributed by atoms with Crippen LogP contribution in [-0.4, -0.2) is 150 Å². The maximum atomic E-state index is 12.6. The molecule has 312 valence electrons.